The summed E-state index contributed by atoms with van der Waals surface area (Å²) in [5.74, 6) is 1.58. The smallest absolute Gasteiger partial charge is 0.290 e. The first-order valence-electron chi connectivity index (χ1n) is 9.27. The number of furan rings is 1. The predicted molar refractivity (Wildman–Crippen MR) is 109 cm³/mol. The van der Waals surface area contributed by atoms with Crippen LogP contribution in [0.25, 0.3) is 11.0 Å². The molecule has 3 aromatic rings. The van der Waals surface area contributed by atoms with Crippen LogP contribution in [0.4, 0.5) is 0 Å². The van der Waals surface area contributed by atoms with Crippen LogP contribution in [0.3, 0.4) is 0 Å². The summed E-state index contributed by atoms with van der Waals surface area (Å²) in [4.78, 5) is 15.4. The second-order valence-electron chi connectivity index (χ2n) is 7.36. The van der Waals surface area contributed by atoms with Crippen molar-refractivity contribution in [2.45, 2.75) is 49.7 Å². The van der Waals surface area contributed by atoms with Gasteiger partial charge in [0.15, 0.2) is 10.1 Å². The van der Waals surface area contributed by atoms with Crippen molar-refractivity contribution in [1.82, 2.24) is 15.1 Å². The van der Waals surface area contributed by atoms with E-state index in [1.165, 1.54) is 0 Å². The van der Waals surface area contributed by atoms with Crippen LogP contribution in [0.1, 0.15) is 47.8 Å². The monoisotopic (exact) mass is 401 g/mol. The van der Waals surface area contributed by atoms with Gasteiger partial charge >= 0.3 is 0 Å². The second kappa shape index (κ2) is 7.64. The zero-order valence-electron chi connectivity index (χ0n) is 15.8. The summed E-state index contributed by atoms with van der Waals surface area (Å²) in [5, 5.41) is 10.2. The molecule has 0 bridgehead atoms. The summed E-state index contributed by atoms with van der Waals surface area (Å²) in [6.45, 7) is 7.01. The first-order valence-corrected chi connectivity index (χ1v) is 11.1. The van der Waals surface area contributed by atoms with Crippen LogP contribution in [0, 0.1) is 12.8 Å². The third kappa shape index (κ3) is 4.04. The van der Waals surface area contributed by atoms with Gasteiger partial charge < -0.3 is 9.32 Å². The molecule has 1 aromatic carbocycles. The lowest BCUT2D eigenvalue weighted by molar-refractivity contribution is 0.0691. The van der Waals surface area contributed by atoms with Crippen LogP contribution >= 0.6 is 23.1 Å². The maximum atomic E-state index is 13.4. The van der Waals surface area contributed by atoms with Gasteiger partial charge in [-0.15, -0.1) is 10.2 Å². The number of amides is 1. The van der Waals surface area contributed by atoms with Gasteiger partial charge in [0.2, 0.25) is 0 Å². The summed E-state index contributed by atoms with van der Waals surface area (Å²) < 4.78 is 6.97. The number of fused-ring (bicyclic) bond motifs is 1. The Morgan fingerprint density at radius 2 is 2.11 bits per heavy atom. The van der Waals surface area contributed by atoms with Gasteiger partial charge in [0.25, 0.3) is 5.91 Å². The SMILES string of the molecule is Cc1nnc(SCc2c(C(=O)N(CC(C)C)C3CC3)oc3ccccc23)s1. The Labute approximate surface area is 167 Å². The van der Waals surface area contributed by atoms with E-state index in [-0.39, 0.29) is 5.91 Å². The first-order chi connectivity index (χ1) is 13.0. The van der Waals surface area contributed by atoms with E-state index in [1.807, 2.05) is 36.1 Å². The number of hydrogen-bond acceptors (Lipinski definition) is 6. The highest BCUT2D eigenvalue weighted by molar-refractivity contribution is 8.00. The molecule has 1 amide bonds. The maximum absolute atomic E-state index is 13.4. The highest BCUT2D eigenvalue weighted by Gasteiger charge is 2.36. The van der Waals surface area contributed by atoms with Gasteiger partial charge in [-0.25, -0.2) is 0 Å². The number of carbonyl (C=O) groups is 1. The molecule has 1 fully saturated rings. The van der Waals surface area contributed by atoms with E-state index >= 15 is 0 Å². The van der Waals surface area contributed by atoms with Crippen molar-refractivity contribution in [2.75, 3.05) is 6.54 Å². The van der Waals surface area contributed by atoms with Crippen LogP contribution in [0.2, 0.25) is 0 Å². The van der Waals surface area contributed by atoms with Crippen molar-refractivity contribution in [2.24, 2.45) is 5.92 Å². The Hall–Kier alpha value is -1.86. The molecule has 0 unspecified atom stereocenters. The first kappa shape index (κ1) is 18.5. The number of nitrogens with zero attached hydrogens (tertiary/aromatic N) is 3. The van der Waals surface area contributed by atoms with Crippen molar-refractivity contribution in [3.05, 3.63) is 40.6 Å². The third-order valence-electron chi connectivity index (χ3n) is 4.55. The van der Waals surface area contributed by atoms with Gasteiger partial charge in [0.05, 0.1) is 0 Å². The van der Waals surface area contributed by atoms with Crippen molar-refractivity contribution in [1.29, 1.82) is 0 Å². The minimum atomic E-state index is 0.0199. The Bertz CT molecular complexity index is 959. The number of thioether (sulfide) groups is 1. The molecule has 0 aliphatic heterocycles. The average Bonchev–Trinajstić information content (AvgIpc) is 3.30. The van der Waals surface area contributed by atoms with Crippen LogP contribution in [-0.2, 0) is 5.75 Å². The van der Waals surface area contributed by atoms with Gasteiger partial charge in [0, 0.05) is 29.3 Å². The zero-order valence-corrected chi connectivity index (χ0v) is 17.4. The van der Waals surface area contributed by atoms with E-state index in [9.17, 15) is 4.79 Å². The molecule has 7 heteroatoms. The number of benzene rings is 1. The van der Waals surface area contributed by atoms with Crippen molar-refractivity contribution in [3.63, 3.8) is 0 Å². The van der Waals surface area contributed by atoms with Gasteiger partial charge in [0.1, 0.15) is 10.6 Å². The summed E-state index contributed by atoms with van der Waals surface area (Å²) in [6.07, 6.45) is 2.18. The highest BCUT2D eigenvalue weighted by atomic mass is 32.2. The number of carbonyl (C=O) groups excluding carboxylic acids is 1. The Morgan fingerprint density at radius 1 is 1.33 bits per heavy atom. The van der Waals surface area contributed by atoms with Gasteiger partial charge in [-0.2, -0.15) is 0 Å². The predicted octanol–water partition coefficient (Wildman–Crippen LogP) is 5.15. The van der Waals surface area contributed by atoms with Crippen LogP contribution < -0.4 is 0 Å². The molecule has 27 heavy (non-hydrogen) atoms. The van der Waals surface area contributed by atoms with E-state index in [0.29, 0.717) is 23.5 Å². The van der Waals surface area contributed by atoms with E-state index < -0.39 is 0 Å². The van der Waals surface area contributed by atoms with E-state index in [0.717, 1.165) is 45.3 Å². The van der Waals surface area contributed by atoms with E-state index in [1.54, 1.807) is 23.1 Å². The number of aryl methyl sites for hydroxylation is 1. The van der Waals surface area contributed by atoms with Crippen LogP contribution in [0.5, 0.6) is 0 Å². The molecule has 142 valence electrons. The number of hydrogen-bond donors (Lipinski definition) is 0. The number of aromatic nitrogens is 2. The van der Waals surface area contributed by atoms with Crippen molar-refractivity contribution in [3.8, 4) is 0 Å². The molecular weight excluding hydrogens is 378 g/mol. The summed E-state index contributed by atoms with van der Waals surface area (Å²) in [6, 6.07) is 8.25. The standard InChI is InChI=1S/C20H23N3O2S2/c1-12(2)10-23(14-8-9-14)19(24)18-16(11-26-20-22-21-13(3)27-20)15-6-4-5-7-17(15)25-18/h4-7,12,14H,8-11H2,1-3H3. The zero-order chi connectivity index (χ0) is 19.0. The lowest BCUT2D eigenvalue weighted by Crippen LogP contribution is -2.36. The minimum Gasteiger partial charge on any atom is -0.451 e. The van der Waals surface area contributed by atoms with Crippen molar-refractivity contribution < 1.29 is 9.21 Å². The number of rotatable bonds is 7. The fourth-order valence-electron chi connectivity index (χ4n) is 3.19. The largest absolute Gasteiger partial charge is 0.451 e. The van der Waals surface area contributed by atoms with Gasteiger partial charge in [-0.1, -0.05) is 55.1 Å². The molecule has 0 atom stereocenters. The topological polar surface area (TPSA) is 59.2 Å². The number of para-hydroxylation sites is 1. The molecule has 5 nitrogen and oxygen atoms in total. The molecule has 2 heterocycles. The lowest BCUT2D eigenvalue weighted by Gasteiger charge is -2.23. The highest BCUT2D eigenvalue weighted by Crippen LogP contribution is 2.36. The fourth-order valence-corrected chi connectivity index (χ4v) is 5.04. The van der Waals surface area contributed by atoms with Crippen molar-refractivity contribution >= 4 is 40.0 Å². The minimum absolute atomic E-state index is 0.0199. The molecule has 0 N–H and O–H groups in total. The molecule has 2 aromatic heterocycles. The summed E-state index contributed by atoms with van der Waals surface area (Å²) in [7, 11) is 0. The molecule has 1 aliphatic carbocycles. The molecule has 1 aliphatic rings. The third-order valence-corrected chi connectivity index (χ3v) is 6.55. The van der Waals surface area contributed by atoms with Gasteiger partial charge in [-0.05, 0) is 31.7 Å². The molecule has 0 radical (unpaired) electrons. The van der Waals surface area contributed by atoms with E-state index in [2.05, 4.69) is 24.0 Å². The second-order valence-corrected chi connectivity index (χ2v) is 9.77. The van der Waals surface area contributed by atoms with E-state index in [4.69, 9.17) is 4.42 Å². The normalized spacial score (nSPS) is 14.2. The average molecular weight is 402 g/mol. The Kier molecular flexibility index (Phi) is 5.23. The molecule has 0 saturated heterocycles. The van der Waals surface area contributed by atoms with Crippen LogP contribution in [0.15, 0.2) is 33.0 Å². The Morgan fingerprint density at radius 3 is 2.78 bits per heavy atom. The quantitative estimate of drug-likeness (QED) is 0.513. The van der Waals surface area contributed by atoms with Gasteiger partial charge in [-0.3, -0.25) is 4.79 Å². The molecule has 0 spiro atoms. The molecule has 1 saturated carbocycles. The fraction of sp³-hybridized carbons (Fsp3) is 0.450. The summed E-state index contributed by atoms with van der Waals surface area (Å²) in [5.41, 5.74) is 1.73. The molecular formula is C20H23N3O2S2. The van der Waals surface area contributed by atoms with Crippen LogP contribution in [-0.4, -0.2) is 33.6 Å². The summed E-state index contributed by atoms with van der Waals surface area (Å²) >= 11 is 3.18. The maximum Gasteiger partial charge on any atom is 0.290 e. The Balaban J connectivity index is 1.67. The molecule has 4 rings (SSSR count). The lowest BCUT2D eigenvalue weighted by atomic mass is 10.1.